The first kappa shape index (κ1) is 19.2. The van der Waals surface area contributed by atoms with E-state index < -0.39 is 0 Å². The molecule has 1 aromatic carbocycles. The number of hydrogen-bond acceptors (Lipinski definition) is 5. The molecule has 0 spiro atoms. The number of rotatable bonds is 4. The lowest BCUT2D eigenvalue weighted by Crippen LogP contribution is -2.31. The fraction of sp³-hybridized carbons (Fsp3) is 0.381. The molecule has 0 saturated heterocycles. The molecule has 4 rings (SSSR count). The van der Waals surface area contributed by atoms with Gasteiger partial charge in [-0.15, -0.1) is 11.3 Å². The van der Waals surface area contributed by atoms with E-state index in [2.05, 4.69) is 0 Å². The quantitative estimate of drug-likeness (QED) is 0.481. The second-order valence-corrected chi connectivity index (χ2v) is 9.65. The summed E-state index contributed by atoms with van der Waals surface area (Å²) in [5.74, 6) is 0.00410. The molecule has 3 aromatic rings. The highest BCUT2D eigenvalue weighted by Crippen LogP contribution is 2.35. The van der Waals surface area contributed by atoms with Crippen LogP contribution in [-0.2, 0) is 17.6 Å². The third-order valence-corrected chi connectivity index (χ3v) is 7.27. The van der Waals surface area contributed by atoms with Crippen LogP contribution in [0.2, 0.25) is 0 Å². The van der Waals surface area contributed by atoms with Crippen LogP contribution in [0.4, 0.5) is 0 Å². The van der Waals surface area contributed by atoms with E-state index in [-0.39, 0.29) is 16.7 Å². The molecule has 1 aliphatic carbocycles. The highest BCUT2D eigenvalue weighted by Gasteiger charge is 2.25. The van der Waals surface area contributed by atoms with Crippen LogP contribution >= 0.6 is 23.1 Å². The maximum Gasteiger partial charge on any atom is 0.267 e. The van der Waals surface area contributed by atoms with Gasteiger partial charge < -0.3 is 4.90 Å². The fourth-order valence-corrected chi connectivity index (χ4v) is 6.02. The van der Waals surface area contributed by atoms with Gasteiger partial charge in [0.05, 0.1) is 16.3 Å². The number of amides is 1. The number of thiophene rings is 1. The molecule has 146 valence electrons. The Morgan fingerprint density at radius 1 is 1.21 bits per heavy atom. The molecular weight excluding hydrogens is 390 g/mol. The SMILES string of the molecule is C[C@H](Sc1nc2sc3c(c2c(=O)n1-c1ccccc1)CCCC3)C(=O)N(C)C. The van der Waals surface area contributed by atoms with E-state index >= 15 is 0 Å². The second-order valence-electron chi connectivity index (χ2n) is 7.25. The van der Waals surface area contributed by atoms with E-state index in [1.165, 1.54) is 28.6 Å². The Bertz CT molecular complexity index is 1090. The summed E-state index contributed by atoms with van der Waals surface area (Å²) in [5, 5.41) is 1.01. The van der Waals surface area contributed by atoms with E-state index in [1.807, 2.05) is 37.3 Å². The Balaban J connectivity index is 1.92. The van der Waals surface area contributed by atoms with Crippen molar-refractivity contribution >= 4 is 39.2 Å². The smallest absolute Gasteiger partial charge is 0.267 e. The number of benzene rings is 1. The molecule has 1 aliphatic rings. The molecule has 0 N–H and O–H groups in total. The van der Waals surface area contributed by atoms with Gasteiger partial charge in [-0.25, -0.2) is 4.98 Å². The maximum atomic E-state index is 13.6. The van der Waals surface area contributed by atoms with E-state index in [0.717, 1.165) is 35.2 Å². The summed E-state index contributed by atoms with van der Waals surface area (Å²) in [6.45, 7) is 1.86. The van der Waals surface area contributed by atoms with Crippen LogP contribution in [0, 0.1) is 0 Å². The van der Waals surface area contributed by atoms with Gasteiger partial charge >= 0.3 is 0 Å². The van der Waals surface area contributed by atoms with Gasteiger partial charge in [0.2, 0.25) is 5.91 Å². The van der Waals surface area contributed by atoms with E-state index in [4.69, 9.17) is 4.98 Å². The predicted octanol–water partition coefficient (Wildman–Crippen LogP) is 3.89. The van der Waals surface area contributed by atoms with Crippen LogP contribution < -0.4 is 5.56 Å². The van der Waals surface area contributed by atoms with Crippen molar-refractivity contribution in [2.24, 2.45) is 0 Å². The van der Waals surface area contributed by atoms with E-state index in [1.54, 1.807) is 34.9 Å². The number of carbonyl (C=O) groups is 1. The first-order valence-corrected chi connectivity index (χ1v) is 11.2. The van der Waals surface area contributed by atoms with Crippen molar-refractivity contribution in [3.05, 3.63) is 51.1 Å². The molecule has 0 radical (unpaired) electrons. The molecular formula is C21H23N3O2S2. The third kappa shape index (κ3) is 3.37. The third-order valence-electron chi connectivity index (χ3n) is 5.04. The summed E-state index contributed by atoms with van der Waals surface area (Å²) in [4.78, 5) is 34.5. The lowest BCUT2D eigenvalue weighted by Gasteiger charge is -2.18. The Morgan fingerprint density at radius 2 is 1.93 bits per heavy atom. The first-order valence-electron chi connectivity index (χ1n) is 9.48. The molecule has 0 saturated carbocycles. The first-order chi connectivity index (χ1) is 13.5. The van der Waals surface area contributed by atoms with Gasteiger partial charge in [-0.3, -0.25) is 14.2 Å². The Labute approximate surface area is 172 Å². The van der Waals surface area contributed by atoms with Gasteiger partial charge in [-0.2, -0.15) is 0 Å². The number of carbonyl (C=O) groups excluding carboxylic acids is 1. The number of thioether (sulfide) groups is 1. The van der Waals surface area contributed by atoms with Gasteiger partial charge in [0, 0.05) is 19.0 Å². The molecule has 2 heterocycles. The number of aryl methyl sites for hydroxylation is 2. The van der Waals surface area contributed by atoms with Crippen molar-refractivity contribution in [2.45, 2.75) is 43.0 Å². The largest absolute Gasteiger partial charge is 0.348 e. The Hall–Kier alpha value is -2.12. The average Bonchev–Trinajstić information content (AvgIpc) is 3.06. The molecule has 5 nitrogen and oxygen atoms in total. The summed E-state index contributed by atoms with van der Waals surface area (Å²) in [6, 6.07) is 9.58. The molecule has 1 amide bonds. The normalized spacial score (nSPS) is 14.7. The zero-order valence-corrected chi connectivity index (χ0v) is 17.9. The van der Waals surface area contributed by atoms with Gasteiger partial charge in [0.15, 0.2) is 5.16 Å². The van der Waals surface area contributed by atoms with Crippen LogP contribution in [0.3, 0.4) is 0 Å². The topological polar surface area (TPSA) is 55.2 Å². The van der Waals surface area contributed by atoms with Crippen molar-refractivity contribution in [2.75, 3.05) is 14.1 Å². The average molecular weight is 414 g/mol. The van der Waals surface area contributed by atoms with Crippen LogP contribution in [0.5, 0.6) is 0 Å². The van der Waals surface area contributed by atoms with Crippen LogP contribution in [-0.4, -0.2) is 39.7 Å². The lowest BCUT2D eigenvalue weighted by molar-refractivity contribution is -0.127. The summed E-state index contributed by atoms with van der Waals surface area (Å²) < 4.78 is 1.67. The fourth-order valence-electron chi connectivity index (χ4n) is 3.64. The molecule has 2 aromatic heterocycles. The van der Waals surface area contributed by atoms with Crippen molar-refractivity contribution in [1.82, 2.24) is 14.5 Å². The highest BCUT2D eigenvalue weighted by atomic mass is 32.2. The summed E-state index contributed by atoms with van der Waals surface area (Å²) in [7, 11) is 3.49. The Kier molecular flexibility index (Phi) is 5.29. The number of fused-ring (bicyclic) bond motifs is 3. The van der Waals surface area contributed by atoms with Gasteiger partial charge in [0.1, 0.15) is 4.83 Å². The van der Waals surface area contributed by atoms with Crippen molar-refractivity contribution in [3.63, 3.8) is 0 Å². The number of hydrogen-bond donors (Lipinski definition) is 0. The van der Waals surface area contributed by atoms with E-state index in [0.29, 0.717) is 5.16 Å². The van der Waals surface area contributed by atoms with Gasteiger partial charge in [0.25, 0.3) is 5.56 Å². The number of aromatic nitrogens is 2. The minimum atomic E-state index is -0.330. The standard InChI is InChI=1S/C21H23N3O2S2/c1-13(19(25)23(2)3)27-21-22-18-17(15-11-7-8-12-16(15)28-18)20(26)24(21)14-9-5-4-6-10-14/h4-6,9-10,13H,7-8,11-12H2,1-3H3/t13-/m0/s1. The molecule has 7 heteroatoms. The van der Waals surface area contributed by atoms with Gasteiger partial charge in [-0.05, 0) is 50.3 Å². The monoisotopic (exact) mass is 413 g/mol. The summed E-state index contributed by atoms with van der Waals surface area (Å²) in [6.07, 6.45) is 4.26. The van der Waals surface area contributed by atoms with Crippen LogP contribution in [0.15, 0.2) is 40.3 Å². The molecule has 1 atom stereocenters. The lowest BCUT2D eigenvalue weighted by atomic mass is 9.97. The molecule has 28 heavy (non-hydrogen) atoms. The number of para-hydroxylation sites is 1. The van der Waals surface area contributed by atoms with Crippen LogP contribution in [0.1, 0.15) is 30.2 Å². The predicted molar refractivity (Wildman–Crippen MR) is 116 cm³/mol. The van der Waals surface area contributed by atoms with Crippen molar-refractivity contribution < 1.29 is 4.79 Å². The summed E-state index contributed by atoms with van der Waals surface area (Å²) >= 11 is 2.98. The zero-order valence-electron chi connectivity index (χ0n) is 16.3. The minimum Gasteiger partial charge on any atom is -0.348 e. The second kappa shape index (κ2) is 7.72. The summed E-state index contributed by atoms with van der Waals surface area (Å²) in [5.41, 5.74) is 1.94. The molecule has 0 aliphatic heterocycles. The van der Waals surface area contributed by atoms with Crippen molar-refractivity contribution in [3.8, 4) is 5.69 Å². The number of nitrogens with zero attached hydrogens (tertiary/aromatic N) is 3. The Morgan fingerprint density at radius 3 is 2.64 bits per heavy atom. The maximum absolute atomic E-state index is 13.6. The molecule has 0 fully saturated rings. The van der Waals surface area contributed by atoms with Crippen molar-refractivity contribution in [1.29, 1.82) is 0 Å². The zero-order chi connectivity index (χ0) is 19.8. The van der Waals surface area contributed by atoms with Crippen LogP contribution in [0.25, 0.3) is 15.9 Å². The molecule has 0 bridgehead atoms. The highest BCUT2D eigenvalue weighted by molar-refractivity contribution is 8.00. The molecule has 0 unspecified atom stereocenters. The minimum absolute atomic E-state index is 0.00410. The van der Waals surface area contributed by atoms with Gasteiger partial charge in [-0.1, -0.05) is 30.0 Å². The van der Waals surface area contributed by atoms with E-state index in [9.17, 15) is 9.59 Å².